The Kier molecular flexibility index (Phi) is 5.43. The Bertz CT molecular complexity index is 140. The summed E-state index contributed by atoms with van der Waals surface area (Å²) in [6.07, 6.45) is 1.20. The molecule has 0 radical (unpaired) electrons. The standard InChI is InChI=1S/C8H22N4O/c1-8(13,7(12)5-10)3-2-6(11)4-9/h6-7,13H,2-5,9-12H2,1H3. The van der Waals surface area contributed by atoms with Crippen molar-refractivity contribution < 1.29 is 5.11 Å². The van der Waals surface area contributed by atoms with Crippen molar-refractivity contribution in [1.29, 1.82) is 0 Å². The fourth-order valence-electron chi connectivity index (χ4n) is 1.03. The van der Waals surface area contributed by atoms with Crippen molar-refractivity contribution in [1.82, 2.24) is 0 Å². The van der Waals surface area contributed by atoms with Gasteiger partial charge in [-0.25, -0.2) is 0 Å². The zero-order valence-corrected chi connectivity index (χ0v) is 8.24. The molecule has 0 saturated heterocycles. The molecule has 0 aromatic heterocycles. The van der Waals surface area contributed by atoms with Crippen LogP contribution >= 0.6 is 0 Å². The van der Waals surface area contributed by atoms with Gasteiger partial charge in [0.25, 0.3) is 0 Å². The topological polar surface area (TPSA) is 124 Å². The van der Waals surface area contributed by atoms with E-state index in [2.05, 4.69) is 0 Å². The Balaban J connectivity index is 3.88. The van der Waals surface area contributed by atoms with Gasteiger partial charge in [-0.05, 0) is 19.8 Å². The molecule has 13 heavy (non-hydrogen) atoms. The van der Waals surface area contributed by atoms with Crippen LogP contribution in [0.4, 0.5) is 0 Å². The average Bonchev–Trinajstić information content (AvgIpc) is 2.12. The third-order valence-corrected chi connectivity index (χ3v) is 2.38. The van der Waals surface area contributed by atoms with Crippen molar-refractivity contribution in [2.45, 2.75) is 37.5 Å². The molecule has 0 heterocycles. The lowest BCUT2D eigenvalue weighted by Crippen LogP contribution is -2.51. The molecule has 3 unspecified atom stereocenters. The molecule has 0 aliphatic heterocycles. The van der Waals surface area contributed by atoms with Crippen molar-refractivity contribution in [3.63, 3.8) is 0 Å². The van der Waals surface area contributed by atoms with Crippen molar-refractivity contribution in [2.75, 3.05) is 13.1 Å². The second kappa shape index (κ2) is 5.51. The molecule has 0 rings (SSSR count). The van der Waals surface area contributed by atoms with Gasteiger partial charge < -0.3 is 28.0 Å². The molecule has 0 amide bonds. The van der Waals surface area contributed by atoms with Gasteiger partial charge in [-0.3, -0.25) is 0 Å². The third kappa shape index (κ3) is 4.54. The molecule has 5 nitrogen and oxygen atoms in total. The lowest BCUT2D eigenvalue weighted by atomic mass is 9.90. The van der Waals surface area contributed by atoms with Crippen LogP contribution in [0.25, 0.3) is 0 Å². The van der Waals surface area contributed by atoms with Gasteiger partial charge in [-0.15, -0.1) is 0 Å². The van der Waals surface area contributed by atoms with Gasteiger partial charge >= 0.3 is 0 Å². The summed E-state index contributed by atoms with van der Waals surface area (Å²) in [5.41, 5.74) is 21.0. The maximum absolute atomic E-state index is 9.83. The smallest absolute Gasteiger partial charge is 0.0782 e. The predicted octanol–water partition coefficient (Wildman–Crippen LogP) is -1.91. The number of hydrogen-bond donors (Lipinski definition) is 5. The van der Waals surface area contributed by atoms with Crippen LogP contribution in [0.15, 0.2) is 0 Å². The SMILES string of the molecule is CC(O)(CCC(N)CN)C(N)CN. The first-order chi connectivity index (χ1) is 5.94. The fraction of sp³-hybridized carbons (Fsp3) is 1.00. The second-order valence-electron chi connectivity index (χ2n) is 3.73. The minimum absolute atomic E-state index is 0.0727. The Morgan fingerprint density at radius 3 is 2.15 bits per heavy atom. The molecule has 0 aromatic rings. The van der Waals surface area contributed by atoms with Crippen LogP contribution in [0.1, 0.15) is 19.8 Å². The highest BCUT2D eigenvalue weighted by molar-refractivity contribution is 4.86. The van der Waals surface area contributed by atoms with E-state index < -0.39 is 11.6 Å². The van der Waals surface area contributed by atoms with Gasteiger partial charge in [0.1, 0.15) is 0 Å². The van der Waals surface area contributed by atoms with E-state index in [0.717, 1.165) is 0 Å². The van der Waals surface area contributed by atoms with Gasteiger partial charge in [0.15, 0.2) is 0 Å². The van der Waals surface area contributed by atoms with E-state index in [1.165, 1.54) is 0 Å². The average molecular weight is 190 g/mol. The molecular formula is C8H22N4O. The molecule has 0 aliphatic carbocycles. The minimum atomic E-state index is -0.943. The first kappa shape index (κ1) is 12.8. The highest BCUT2D eigenvalue weighted by Crippen LogP contribution is 2.15. The van der Waals surface area contributed by atoms with Gasteiger partial charge in [-0.2, -0.15) is 0 Å². The molecule has 0 aliphatic rings. The van der Waals surface area contributed by atoms with E-state index in [4.69, 9.17) is 22.9 Å². The lowest BCUT2D eigenvalue weighted by Gasteiger charge is -2.30. The first-order valence-corrected chi connectivity index (χ1v) is 4.57. The summed E-state index contributed by atoms with van der Waals surface area (Å²) in [5.74, 6) is 0. The molecule has 0 fully saturated rings. The maximum atomic E-state index is 9.83. The zero-order valence-electron chi connectivity index (χ0n) is 8.24. The number of aliphatic hydroxyl groups is 1. The van der Waals surface area contributed by atoms with E-state index in [1.54, 1.807) is 6.92 Å². The highest BCUT2D eigenvalue weighted by Gasteiger charge is 2.27. The van der Waals surface area contributed by atoms with Crippen LogP contribution in [0.5, 0.6) is 0 Å². The van der Waals surface area contributed by atoms with Crippen molar-refractivity contribution in [3.05, 3.63) is 0 Å². The summed E-state index contributed by atoms with van der Waals surface area (Å²) in [4.78, 5) is 0. The fourth-order valence-corrected chi connectivity index (χ4v) is 1.03. The molecule has 80 valence electrons. The van der Waals surface area contributed by atoms with Crippen LogP contribution in [0.2, 0.25) is 0 Å². The summed E-state index contributed by atoms with van der Waals surface area (Å²) in [5, 5.41) is 9.83. The monoisotopic (exact) mass is 190 g/mol. The van der Waals surface area contributed by atoms with Gasteiger partial charge in [-0.1, -0.05) is 0 Å². The minimum Gasteiger partial charge on any atom is -0.389 e. The van der Waals surface area contributed by atoms with E-state index >= 15 is 0 Å². The molecular weight excluding hydrogens is 168 g/mol. The van der Waals surface area contributed by atoms with Crippen molar-refractivity contribution in [2.24, 2.45) is 22.9 Å². The normalized spacial score (nSPS) is 20.8. The lowest BCUT2D eigenvalue weighted by molar-refractivity contribution is 0.0236. The second-order valence-corrected chi connectivity index (χ2v) is 3.73. The van der Waals surface area contributed by atoms with Crippen LogP contribution < -0.4 is 22.9 Å². The number of hydrogen-bond acceptors (Lipinski definition) is 5. The van der Waals surface area contributed by atoms with Crippen LogP contribution in [0.3, 0.4) is 0 Å². The molecule has 0 aromatic carbocycles. The Morgan fingerprint density at radius 1 is 1.23 bits per heavy atom. The molecule has 0 saturated carbocycles. The van der Waals surface area contributed by atoms with Gasteiger partial charge in [0.2, 0.25) is 0 Å². The van der Waals surface area contributed by atoms with Crippen LogP contribution in [-0.4, -0.2) is 35.9 Å². The largest absolute Gasteiger partial charge is 0.389 e. The molecule has 9 N–H and O–H groups in total. The van der Waals surface area contributed by atoms with E-state index in [0.29, 0.717) is 19.4 Å². The molecule has 5 heteroatoms. The first-order valence-electron chi connectivity index (χ1n) is 4.57. The number of rotatable bonds is 6. The van der Waals surface area contributed by atoms with E-state index in [-0.39, 0.29) is 12.6 Å². The third-order valence-electron chi connectivity index (χ3n) is 2.38. The van der Waals surface area contributed by atoms with E-state index in [1.807, 2.05) is 0 Å². The van der Waals surface area contributed by atoms with Gasteiger partial charge in [0, 0.05) is 25.2 Å². The van der Waals surface area contributed by atoms with Crippen LogP contribution in [0, 0.1) is 0 Å². The Hall–Kier alpha value is -0.200. The summed E-state index contributed by atoms with van der Waals surface area (Å²) in [6.45, 7) is 2.37. The zero-order chi connectivity index (χ0) is 10.5. The molecule has 0 bridgehead atoms. The van der Waals surface area contributed by atoms with Gasteiger partial charge in [0.05, 0.1) is 5.60 Å². The molecule has 0 spiro atoms. The highest BCUT2D eigenvalue weighted by atomic mass is 16.3. The van der Waals surface area contributed by atoms with E-state index in [9.17, 15) is 5.11 Å². The summed E-state index contributed by atoms with van der Waals surface area (Å²) in [6, 6.07) is -0.478. The van der Waals surface area contributed by atoms with Crippen LogP contribution in [-0.2, 0) is 0 Å². The van der Waals surface area contributed by atoms with Crippen molar-refractivity contribution >= 4 is 0 Å². The summed E-state index contributed by atoms with van der Waals surface area (Å²) >= 11 is 0. The summed E-state index contributed by atoms with van der Waals surface area (Å²) in [7, 11) is 0. The maximum Gasteiger partial charge on any atom is 0.0782 e. The Labute approximate surface area is 79.4 Å². The molecule has 3 atom stereocenters. The number of nitrogens with two attached hydrogens (primary N) is 4. The van der Waals surface area contributed by atoms with Crippen molar-refractivity contribution in [3.8, 4) is 0 Å². The summed E-state index contributed by atoms with van der Waals surface area (Å²) < 4.78 is 0. The Morgan fingerprint density at radius 2 is 1.77 bits per heavy atom. The predicted molar refractivity (Wildman–Crippen MR) is 53.9 cm³/mol. The quantitative estimate of drug-likeness (QED) is 0.334.